The molecule has 0 fully saturated rings. The van der Waals surface area contributed by atoms with E-state index in [1.807, 2.05) is 71.4 Å². The predicted octanol–water partition coefficient (Wildman–Crippen LogP) is 5.12. The molecular formula is C31H34N6O3. The number of rotatable bonds is 12. The summed E-state index contributed by atoms with van der Waals surface area (Å²) in [6.07, 6.45) is 1.76. The molecule has 0 aliphatic rings. The monoisotopic (exact) mass is 538 g/mol. The van der Waals surface area contributed by atoms with Gasteiger partial charge in [0.2, 0.25) is 0 Å². The van der Waals surface area contributed by atoms with Gasteiger partial charge in [0.25, 0.3) is 5.56 Å². The van der Waals surface area contributed by atoms with Crippen LogP contribution < -0.4 is 15.0 Å². The first-order valence-corrected chi connectivity index (χ1v) is 13.4. The summed E-state index contributed by atoms with van der Waals surface area (Å²) in [4.78, 5) is 18.6. The van der Waals surface area contributed by atoms with Gasteiger partial charge in [-0.2, -0.15) is 0 Å². The summed E-state index contributed by atoms with van der Waals surface area (Å²) in [6.45, 7) is 3.75. The lowest BCUT2D eigenvalue weighted by Crippen LogP contribution is -2.32. The lowest BCUT2D eigenvalue weighted by molar-refractivity contribution is 0.156. The molecule has 0 amide bonds. The van der Waals surface area contributed by atoms with Crippen LogP contribution in [-0.2, 0) is 19.6 Å². The van der Waals surface area contributed by atoms with Gasteiger partial charge in [-0.3, -0.25) is 9.69 Å². The summed E-state index contributed by atoms with van der Waals surface area (Å²) in [5, 5.41) is 13.8. The first-order valence-electron chi connectivity index (χ1n) is 13.4. The van der Waals surface area contributed by atoms with Crippen molar-refractivity contribution in [2.75, 3.05) is 14.2 Å². The molecule has 1 unspecified atom stereocenters. The van der Waals surface area contributed by atoms with Crippen LogP contribution in [0.3, 0.4) is 0 Å². The minimum absolute atomic E-state index is 0.108. The average Bonchev–Trinajstić information content (AvgIpc) is 3.44. The van der Waals surface area contributed by atoms with Gasteiger partial charge < -0.3 is 14.5 Å². The van der Waals surface area contributed by atoms with Crippen molar-refractivity contribution in [3.05, 3.63) is 112 Å². The number of aromatic nitrogens is 5. The molecule has 0 radical (unpaired) electrons. The van der Waals surface area contributed by atoms with E-state index < -0.39 is 0 Å². The van der Waals surface area contributed by atoms with Crippen molar-refractivity contribution < 1.29 is 9.47 Å². The minimum atomic E-state index is -0.112. The van der Waals surface area contributed by atoms with Crippen LogP contribution in [0.2, 0.25) is 0 Å². The topological polar surface area (TPSA) is 98.2 Å². The smallest absolute Gasteiger partial charge is 0.252 e. The molecule has 5 rings (SSSR count). The van der Waals surface area contributed by atoms with Crippen molar-refractivity contribution >= 4 is 10.9 Å². The molecule has 206 valence electrons. The second kappa shape index (κ2) is 12.6. The van der Waals surface area contributed by atoms with Gasteiger partial charge in [0.1, 0.15) is 11.5 Å². The van der Waals surface area contributed by atoms with Crippen LogP contribution in [0.1, 0.15) is 48.3 Å². The standard InChI is InChI=1S/C31H34N6O3/c1-4-8-29(30-33-34-35-37(30)20-23-11-13-26(39-2)14-12-23)36(19-22-9-6-5-7-10-22)21-25-17-24-18-27(40-3)15-16-28(24)32-31(25)38/h5-7,9-18,29H,4,8,19-21H2,1-3H3,(H,32,38). The quantitative estimate of drug-likeness (QED) is 0.235. The highest BCUT2D eigenvalue weighted by molar-refractivity contribution is 5.80. The highest BCUT2D eigenvalue weighted by Crippen LogP contribution is 2.29. The maximum Gasteiger partial charge on any atom is 0.252 e. The third-order valence-corrected chi connectivity index (χ3v) is 7.08. The number of fused-ring (bicyclic) bond motifs is 1. The summed E-state index contributed by atoms with van der Waals surface area (Å²) in [5.74, 6) is 2.32. The molecule has 0 spiro atoms. The van der Waals surface area contributed by atoms with E-state index in [0.29, 0.717) is 25.2 Å². The largest absolute Gasteiger partial charge is 0.497 e. The number of H-pyrrole nitrogens is 1. The van der Waals surface area contributed by atoms with E-state index in [9.17, 15) is 4.79 Å². The third kappa shape index (κ3) is 6.21. The van der Waals surface area contributed by atoms with Crippen molar-refractivity contribution in [1.82, 2.24) is 30.1 Å². The second-order valence-corrected chi connectivity index (χ2v) is 9.81. The number of benzene rings is 3. The molecule has 0 saturated carbocycles. The summed E-state index contributed by atoms with van der Waals surface area (Å²) in [5.41, 5.74) is 3.56. The van der Waals surface area contributed by atoms with E-state index in [2.05, 4.69) is 44.5 Å². The number of nitrogens with zero attached hydrogens (tertiary/aromatic N) is 5. The van der Waals surface area contributed by atoms with Gasteiger partial charge in [-0.05, 0) is 64.4 Å². The number of hydrogen-bond acceptors (Lipinski definition) is 7. The second-order valence-electron chi connectivity index (χ2n) is 9.81. The van der Waals surface area contributed by atoms with Gasteiger partial charge in [0.15, 0.2) is 5.82 Å². The fourth-order valence-electron chi connectivity index (χ4n) is 5.00. The summed E-state index contributed by atoms with van der Waals surface area (Å²) in [7, 11) is 3.29. The first-order chi connectivity index (χ1) is 19.6. The molecule has 1 atom stereocenters. The zero-order valence-corrected chi connectivity index (χ0v) is 23.1. The van der Waals surface area contributed by atoms with E-state index in [4.69, 9.17) is 9.47 Å². The molecule has 1 N–H and O–H groups in total. The minimum Gasteiger partial charge on any atom is -0.497 e. The van der Waals surface area contributed by atoms with Crippen LogP contribution >= 0.6 is 0 Å². The molecule has 0 bridgehead atoms. The number of ether oxygens (including phenoxy) is 2. The summed E-state index contributed by atoms with van der Waals surface area (Å²) in [6, 6.07) is 25.7. The Morgan fingerprint density at radius 3 is 2.38 bits per heavy atom. The lowest BCUT2D eigenvalue weighted by atomic mass is 10.1. The van der Waals surface area contributed by atoms with E-state index in [1.165, 1.54) is 0 Å². The summed E-state index contributed by atoms with van der Waals surface area (Å²) < 4.78 is 12.6. The number of aromatic amines is 1. The van der Waals surface area contributed by atoms with Gasteiger partial charge in [0.05, 0.1) is 26.8 Å². The molecule has 9 nitrogen and oxygen atoms in total. The van der Waals surface area contributed by atoms with Gasteiger partial charge >= 0.3 is 0 Å². The Kier molecular flexibility index (Phi) is 8.51. The fraction of sp³-hybridized carbons (Fsp3) is 0.290. The molecule has 3 aromatic carbocycles. The maximum absolute atomic E-state index is 13.2. The van der Waals surface area contributed by atoms with Crippen molar-refractivity contribution in [1.29, 1.82) is 0 Å². The van der Waals surface area contributed by atoms with Crippen molar-refractivity contribution in [3.63, 3.8) is 0 Å². The van der Waals surface area contributed by atoms with Crippen molar-refractivity contribution in [2.45, 2.75) is 45.4 Å². The molecule has 40 heavy (non-hydrogen) atoms. The van der Waals surface area contributed by atoms with E-state index in [0.717, 1.165) is 52.2 Å². The lowest BCUT2D eigenvalue weighted by Gasteiger charge is -2.31. The SMILES string of the molecule is CCCC(c1nnnn1Cc1ccc(OC)cc1)N(Cc1ccccc1)Cc1cc2cc(OC)ccc2[nH]c1=O. The summed E-state index contributed by atoms with van der Waals surface area (Å²) >= 11 is 0. The Labute approximate surface area is 233 Å². The number of pyridine rings is 1. The van der Waals surface area contributed by atoms with Crippen molar-refractivity contribution in [2.24, 2.45) is 0 Å². The molecule has 0 saturated heterocycles. The van der Waals surface area contributed by atoms with Gasteiger partial charge in [-0.15, -0.1) is 5.10 Å². The highest BCUT2D eigenvalue weighted by atomic mass is 16.5. The van der Waals surface area contributed by atoms with E-state index in [-0.39, 0.29) is 11.6 Å². The molecule has 2 heterocycles. The van der Waals surface area contributed by atoms with Crippen LogP contribution in [0, 0.1) is 0 Å². The highest BCUT2D eigenvalue weighted by Gasteiger charge is 2.27. The fourth-order valence-corrected chi connectivity index (χ4v) is 5.00. The van der Waals surface area contributed by atoms with Crippen LogP contribution in [0.25, 0.3) is 10.9 Å². The number of tetrazole rings is 1. The zero-order chi connectivity index (χ0) is 27.9. The van der Waals surface area contributed by atoms with Gasteiger partial charge in [-0.1, -0.05) is 55.8 Å². The molecule has 0 aliphatic carbocycles. The predicted molar refractivity (Wildman–Crippen MR) is 154 cm³/mol. The van der Waals surface area contributed by atoms with Gasteiger partial charge in [0, 0.05) is 29.6 Å². The Morgan fingerprint density at radius 2 is 1.65 bits per heavy atom. The van der Waals surface area contributed by atoms with Crippen molar-refractivity contribution in [3.8, 4) is 11.5 Å². The van der Waals surface area contributed by atoms with E-state index >= 15 is 0 Å². The zero-order valence-electron chi connectivity index (χ0n) is 23.1. The van der Waals surface area contributed by atoms with Crippen LogP contribution in [-0.4, -0.2) is 44.3 Å². The van der Waals surface area contributed by atoms with E-state index in [1.54, 1.807) is 14.2 Å². The number of nitrogens with one attached hydrogen (secondary N) is 1. The maximum atomic E-state index is 13.2. The molecular weight excluding hydrogens is 504 g/mol. The Balaban J connectivity index is 1.52. The van der Waals surface area contributed by atoms with Crippen LogP contribution in [0.4, 0.5) is 0 Å². The molecule has 0 aliphatic heterocycles. The van der Waals surface area contributed by atoms with Gasteiger partial charge in [-0.25, -0.2) is 4.68 Å². The Hall–Kier alpha value is -4.50. The first kappa shape index (κ1) is 27.1. The Morgan fingerprint density at radius 1 is 0.900 bits per heavy atom. The number of methoxy groups -OCH3 is 2. The Bertz CT molecular complexity index is 1600. The molecule has 5 aromatic rings. The normalized spacial score (nSPS) is 12.1. The third-order valence-electron chi connectivity index (χ3n) is 7.08. The molecule has 9 heteroatoms. The van der Waals surface area contributed by atoms with Crippen LogP contribution in [0.15, 0.2) is 83.7 Å². The average molecular weight is 539 g/mol. The molecule has 2 aromatic heterocycles. The number of hydrogen-bond donors (Lipinski definition) is 1. The van der Waals surface area contributed by atoms with Crippen LogP contribution in [0.5, 0.6) is 11.5 Å².